The highest BCUT2D eigenvalue weighted by Crippen LogP contribution is 2.31. The first-order valence-corrected chi connectivity index (χ1v) is 11.2. The molecular formula is C21H32N4S. The predicted molar refractivity (Wildman–Crippen MR) is 111 cm³/mol. The Bertz CT molecular complexity index is 601. The lowest BCUT2D eigenvalue weighted by Crippen LogP contribution is -2.42. The third kappa shape index (κ3) is 4.74. The number of thioether (sulfide) groups is 1. The lowest BCUT2D eigenvalue weighted by Gasteiger charge is -2.23. The molecule has 4 nitrogen and oxygen atoms in total. The molecule has 1 aliphatic carbocycles. The summed E-state index contributed by atoms with van der Waals surface area (Å²) < 4.78 is 0. The highest BCUT2D eigenvalue weighted by molar-refractivity contribution is 7.99. The number of benzene rings is 1. The second-order valence-corrected chi connectivity index (χ2v) is 9.13. The van der Waals surface area contributed by atoms with Gasteiger partial charge in [0.15, 0.2) is 5.96 Å². The van der Waals surface area contributed by atoms with Gasteiger partial charge in [-0.1, -0.05) is 18.2 Å². The van der Waals surface area contributed by atoms with E-state index in [1.807, 2.05) is 18.8 Å². The van der Waals surface area contributed by atoms with Gasteiger partial charge in [-0.05, 0) is 56.2 Å². The molecule has 0 spiro atoms. The van der Waals surface area contributed by atoms with Gasteiger partial charge in [-0.25, -0.2) is 0 Å². The number of likely N-dealkylation sites (tertiary alicyclic amines) is 2. The van der Waals surface area contributed by atoms with Crippen molar-refractivity contribution in [3.8, 4) is 0 Å². The fraction of sp³-hybridized carbons (Fsp3) is 0.667. The van der Waals surface area contributed by atoms with Crippen molar-refractivity contribution in [2.75, 3.05) is 45.5 Å². The van der Waals surface area contributed by atoms with Gasteiger partial charge in [-0.2, -0.15) is 0 Å². The van der Waals surface area contributed by atoms with Gasteiger partial charge in [0.25, 0.3) is 0 Å². The number of aliphatic imine (C=N–C) groups is 1. The van der Waals surface area contributed by atoms with Crippen LogP contribution in [0.2, 0.25) is 0 Å². The SMILES string of the molecule is CN=C(NCC1CCN(C2CC2)C1)N1CCC(CSc2ccccc2)C1. The van der Waals surface area contributed by atoms with Crippen molar-refractivity contribution in [1.82, 2.24) is 15.1 Å². The first-order valence-electron chi connectivity index (χ1n) is 10.2. The molecule has 2 heterocycles. The molecule has 26 heavy (non-hydrogen) atoms. The number of nitrogens with one attached hydrogen (secondary N) is 1. The maximum Gasteiger partial charge on any atom is 0.193 e. The zero-order valence-corrected chi connectivity index (χ0v) is 16.8. The standard InChI is InChI=1S/C21H32N4S/c1-22-21(23-13-17-9-11-24(14-17)19-7-8-19)25-12-10-18(15-25)16-26-20-5-3-2-4-6-20/h2-6,17-19H,7-16H2,1H3,(H,22,23). The fourth-order valence-electron chi connectivity index (χ4n) is 4.26. The molecule has 2 saturated heterocycles. The van der Waals surface area contributed by atoms with Crippen LogP contribution in [-0.2, 0) is 0 Å². The van der Waals surface area contributed by atoms with Crippen LogP contribution in [0.5, 0.6) is 0 Å². The third-order valence-corrected chi connectivity index (χ3v) is 7.20. The van der Waals surface area contributed by atoms with Gasteiger partial charge >= 0.3 is 0 Å². The minimum absolute atomic E-state index is 0.760. The van der Waals surface area contributed by atoms with Crippen molar-refractivity contribution in [2.24, 2.45) is 16.8 Å². The highest BCUT2D eigenvalue weighted by Gasteiger charge is 2.34. The maximum absolute atomic E-state index is 4.56. The van der Waals surface area contributed by atoms with E-state index in [0.29, 0.717) is 0 Å². The van der Waals surface area contributed by atoms with Crippen LogP contribution in [0.3, 0.4) is 0 Å². The van der Waals surface area contributed by atoms with Crippen LogP contribution in [0.4, 0.5) is 0 Å². The Kier molecular flexibility index (Phi) is 6.05. The van der Waals surface area contributed by atoms with E-state index in [4.69, 9.17) is 0 Å². The van der Waals surface area contributed by atoms with Crippen LogP contribution in [-0.4, -0.2) is 67.3 Å². The average molecular weight is 373 g/mol. The van der Waals surface area contributed by atoms with Crippen molar-refractivity contribution in [2.45, 2.75) is 36.6 Å². The molecule has 3 fully saturated rings. The molecule has 0 aromatic heterocycles. The summed E-state index contributed by atoms with van der Waals surface area (Å²) in [5.41, 5.74) is 0. The van der Waals surface area contributed by atoms with E-state index >= 15 is 0 Å². The molecule has 0 radical (unpaired) electrons. The normalized spacial score (nSPS) is 27.3. The van der Waals surface area contributed by atoms with E-state index in [2.05, 4.69) is 50.4 Å². The first-order chi connectivity index (χ1) is 12.8. The molecule has 1 aromatic carbocycles. The Morgan fingerprint density at radius 1 is 1.08 bits per heavy atom. The maximum atomic E-state index is 4.56. The number of hydrogen-bond acceptors (Lipinski definition) is 3. The minimum Gasteiger partial charge on any atom is -0.356 e. The molecule has 2 unspecified atom stereocenters. The van der Waals surface area contributed by atoms with E-state index in [1.54, 1.807) is 0 Å². The van der Waals surface area contributed by atoms with Gasteiger partial charge < -0.3 is 15.1 Å². The number of rotatable bonds is 6. The van der Waals surface area contributed by atoms with Gasteiger partial charge in [0.2, 0.25) is 0 Å². The van der Waals surface area contributed by atoms with Crippen LogP contribution in [0.25, 0.3) is 0 Å². The van der Waals surface area contributed by atoms with Crippen molar-refractivity contribution >= 4 is 17.7 Å². The van der Waals surface area contributed by atoms with E-state index in [1.165, 1.54) is 49.4 Å². The van der Waals surface area contributed by atoms with Crippen molar-refractivity contribution in [1.29, 1.82) is 0 Å². The van der Waals surface area contributed by atoms with Crippen LogP contribution in [0.1, 0.15) is 25.7 Å². The Morgan fingerprint density at radius 3 is 2.65 bits per heavy atom. The molecule has 2 atom stereocenters. The largest absolute Gasteiger partial charge is 0.356 e. The summed E-state index contributed by atoms with van der Waals surface area (Å²) in [5.74, 6) is 3.87. The Hall–Kier alpha value is -1.20. The van der Waals surface area contributed by atoms with Crippen LogP contribution < -0.4 is 5.32 Å². The monoisotopic (exact) mass is 372 g/mol. The van der Waals surface area contributed by atoms with Crippen LogP contribution in [0.15, 0.2) is 40.2 Å². The molecular weight excluding hydrogens is 340 g/mol. The van der Waals surface area contributed by atoms with Gasteiger partial charge in [0, 0.05) is 49.9 Å². The number of guanidine groups is 1. The zero-order valence-electron chi connectivity index (χ0n) is 15.9. The Morgan fingerprint density at radius 2 is 1.88 bits per heavy atom. The summed E-state index contributed by atoms with van der Waals surface area (Å²) in [4.78, 5) is 11.1. The van der Waals surface area contributed by atoms with Gasteiger partial charge in [0.05, 0.1) is 0 Å². The van der Waals surface area contributed by atoms with E-state index < -0.39 is 0 Å². The molecule has 1 aromatic rings. The third-order valence-electron chi connectivity index (χ3n) is 5.96. The smallest absolute Gasteiger partial charge is 0.193 e. The summed E-state index contributed by atoms with van der Waals surface area (Å²) >= 11 is 1.99. The van der Waals surface area contributed by atoms with Gasteiger partial charge in [-0.3, -0.25) is 4.99 Å². The van der Waals surface area contributed by atoms with E-state index in [0.717, 1.165) is 43.5 Å². The van der Waals surface area contributed by atoms with Gasteiger partial charge in [0.1, 0.15) is 0 Å². The second kappa shape index (κ2) is 8.66. The van der Waals surface area contributed by atoms with Crippen molar-refractivity contribution in [3.63, 3.8) is 0 Å². The number of hydrogen-bond donors (Lipinski definition) is 1. The summed E-state index contributed by atoms with van der Waals surface area (Å²) in [6, 6.07) is 11.7. The lowest BCUT2D eigenvalue weighted by molar-refractivity contribution is 0.313. The molecule has 0 bridgehead atoms. The Labute approximate surface area is 162 Å². The average Bonchev–Trinajstić information content (AvgIpc) is 3.24. The zero-order chi connectivity index (χ0) is 17.8. The van der Waals surface area contributed by atoms with E-state index in [9.17, 15) is 0 Å². The molecule has 1 saturated carbocycles. The topological polar surface area (TPSA) is 30.9 Å². The summed E-state index contributed by atoms with van der Waals surface area (Å²) in [6.45, 7) is 5.94. The first kappa shape index (κ1) is 18.2. The van der Waals surface area contributed by atoms with E-state index in [-0.39, 0.29) is 0 Å². The summed E-state index contributed by atoms with van der Waals surface area (Å²) in [5, 5.41) is 3.67. The molecule has 2 aliphatic heterocycles. The molecule has 142 valence electrons. The van der Waals surface area contributed by atoms with Crippen molar-refractivity contribution < 1.29 is 0 Å². The van der Waals surface area contributed by atoms with Crippen LogP contribution >= 0.6 is 11.8 Å². The Balaban J connectivity index is 1.19. The minimum atomic E-state index is 0.760. The summed E-state index contributed by atoms with van der Waals surface area (Å²) in [6.07, 6.45) is 5.48. The lowest BCUT2D eigenvalue weighted by atomic mass is 10.1. The summed E-state index contributed by atoms with van der Waals surface area (Å²) in [7, 11) is 1.93. The predicted octanol–water partition coefficient (Wildman–Crippen LogP) is 3.16. The van der Waals surface area contributed by atoms with Gasteiger partial charge in [-0.15, -0.1) is 11.8 Å². The van der Waals surface area contributed by atoms with Crippen molar-refractivity contribution in [3.05, 3.63) is 30.3 Å². The fourth-order valence-corrected chi connectivity index (χ4v) is 5.31. The number of nitrogens with zero attached hydrogens (tertiary/aromatic N) is 3. The molecule has 4 rings (SSSR count). The van der Waals surface area contributed by atoms with Crippen LogP contribution in [0, 0.1) is 11.8 Å². The molecule has 0 amide bonds. The highest BCUT2D eigenvalue weighted by atomic mass is 32.2. The quantitative estimate of drug-likeness (QED) is 0.472. The molecule has 1 N–H and O–H groups in total. The second-order valence-electron chi connectivity index (χ2n) is 8.03. The molecule has 5 heteroatoms. The molecule has 3 aliphatic rings.